The average Bonchev–Trinajstić information content (AvgIpc) is 1.61. The van der Waals surface area contributed by atoms with E-state index in [2.05, 4.69) is 129 Å². The quantitative estimate of drug-likeness (QED) is 0.0423. The molecule has 0 spiro atoms. The Morgan fingerprint density at radius 2 is 0.974 bits per heavy atom. The molecule has 1 amide bonds. The van der Waals surface area contributed by atoms with Crippen molar-refractivity contribution < 1.29 is 76.2 Å². The molecule has 1 fully saturated rings. The summed E-state index contributed by atoms with van der Waals surface area (Å²) in [6.45, 7) is 37.9. The van der Waals surface area contributed by atoms with Crippen molar-refractivity contribution in [1.29, 1.82) is 0 Å². The number of hydrogen-bond donors (Lipinski definition) is 3. The molecule has 4 aromatic heterocycles. The van der Waals surface area contributed by atoms with E-state index in [1.54, 1.807) is 93.1 Å². The Hall–Kier alpha value is -5.97. The minimum absolute atomic E-state index is 0. The second-order valence-corrected chi connectivity index (χ2v) is 39.0. The predicted octanol–water partition coefficient (Wildman–Crippen LogP) is 17.3. The van der Waals surface area contributed by atoms with Crippen LogP contribution < -0.4 is 20.5 Å². The first kappa shape index (κ1) is 106. The van der Waals surface area contributed by atoms with Crippen molar-refractivity contribution >= 4 is 177 Å². The molecule has 1 saturated heterocycles. The van der Waals surface area contributed by atoms with Crippen LogP contribution in [0.15, 0.2) is 98.6 Å². The summed E-state index contributed by atoms with van der Waals surface area (Å²) in [5.74, 6) is -1.80. The van der Waals surface area contributed by atoms with E-state index in [0.717, 1.165) is 55.6 Å². The van der Waals surface area contributed by atoms with Crippen molar-refractivity contribution in [2.45, 2.75) is 183 Å². The highest BCUT2D eigenvalue weighted by atomic mass is 79.9. The van der Waals surface area contributed by atoms with Gasteiger partial charge in [0.2, 0.25) is 0 Å². The zero-order chi connectivity index (χ0) is 87.1. The molecule has 0 radical (unpaired) electrons. The fraction of sp³-hybridized carbons (Fsp3) is 0.500. The second-order valence-electron chi connectivity index (χ2n) is 30.5. The molecule has 4 N–H and O–H groups in total. The molecule has 0 aliphatic carbocycles. The van der Waals surface area contributed by atoms with Gasteiger partial charge in [-0.2, -0.15) is 24.8 Å². The Bertz CT molecular complexity index is 4760. The molecule has 6 heterocycles. The van der Waals surface area contributed by atoms with E-state index in [9.17, 15) is 52.9 Å². The van der Waals surface area contributed by atoms with E-state index in [4.69, 9.17) is 15.2 Å². The summed E-state index contributed by atoms with van der Waals surface area (Å²) in [5, 5.41) is 22.4. The topological polar surface area (TPSA) is 245 Å². The highest BCUT2D eigenvalue weighted by Crippen LogP contribution is 2.36. The molecule has 114 heavy (non-hydrogen) atoms. The van der Waals surface area contributed by atoms with Crippen LogP contribution in [0.4, 0.5) is 39.7 Å². The fourth-order valence-electron chi connectivity index (χ4n) is 10.3. The number of halogens is 14. The van der Waals surface area contributed by atoms with Crippen LogP contribution in [0.3, 0.4) is 0 Å². The number of aliphatic imine (C=N–C) groups is 1. The molecule has 0 bridgehead atoms. The van der Waals surface area contributed by atoms with Crippen LogP contribution in [0.2, 0.25) is 0 Å². The molecule has 2 aliphatic heterocycles. The van der Waals surface area contributed by atoms with Gasteiger partial charge in [-0.05, 0) is 198 Å². The number of carbonyl (C=O) groups excluding carboxylic acids is 2. The lowest BCUT2D eigenvalue weighted by Crippen LogP contribution is -3.00. The van der Waals surface area contributed by atoms with Crippen molar-refractivity contribution in [3.63, 3.8) is 0 Å². The van der Waals surface area contributed by atoms with Gasteiger partial charge in [-0.25, -0.2) is 39.9 Å². The van der Waals surface area contributed by atoms with Gasteiger partial charge in [0.1, 0.15) is 65.8 Å². The van der Waals surface area contributed by atoms with Crippen LogP contribution in [-0.2, 0) is 96.7 Å². The monoisotopic (exact) mass is 1970 g/mol. The SMILES string of the molecule is C1CCOC1.CC(C)=NS(=O)C(C)(C)C.CCOC(C)=O.C[O+](C)C.Cn1cc2cc(Br)cc(F)c2n1.Cn1nc2c(F)cc(Br)cc2c1C(C)(C)N.Cn1nc2c(F)cc(Br)cc2c1C(C)(C)NC(=O)OC(C)(C)C.Cn1nc2c(F)cc(Br)cc2c1C(C)(C)NS(=O)C(C)(C)C.FB(F)F.Fc1cc(Br)cc2c1CN=C2.[F-]. The van der Waals surface area contributed by atoms with Crippen LogP contribution in [0.5, 0.6) is 0 Å². The highest BCUT2D eigenvalue weighted by molar-refractivity contribution is 9.11. The third kappa shape index (κ3) is 35.7. The Morgan fingerprint density at radius 1 is 0.596 bits per heavy atom. The Morgan fingerprint density at radius 3 is 1.32 bits per heavy atom. The number of aromatic nitrogens is 8. The van der Waals surface area contributed by atoms with Gasteiger partial charge in [-0.15, -0.1) is 0 Å². The Kier molecular flexibility index (Phi) is 43.2. The lowest BCUT2D eigenvalue weighted by atomic mass is 9.97. The molecule has 5 aromatic carbocycles. The van der Waals surface area contributed by atoms with Crippen LogP contribution >= 0.6 is 79.6 Å². The van der Waals surface area contributed by atoms with Gasteiger partial charge in [0.15, 0.2) is 23.3 Å². The first-order valence-electron chi connectivity index (χ1n) is 34.9. The van der Waals surface area contributed by atoms with Crippen LogP contribution in [0, 0.1) is 29.1 Å². The number of fused-ring (bicyclic) bond motifs is 5. The van der Waals surface area contributed by atoms with Crippen LogP contribution in [0.25, 0.3) is 43.6 Å². The van der Waals surface area contributed by atoms with Crippen molar-refractivity contribution in [2.75, 3.05) is 41.2 Å². The number of alkyl carbamates (subject to hydrolysis) is 1. The summed E-state index contributed by atoms with van der Waals surface area (Å²) in [6, 6.07) is 16.2. The molecule has 2 atom stereocenters. The molecular formula is C76H106BBr5F9N13O8S2. The van der Waals surface area contributed by atoms with Gasteiger partial charge in [0, 0.05) is 121 Å². The van der Waals surface area contributed by atoms with E-state index in [-0.39, 0.29) is 44.2 Å². The first-order chi connectivity index (χ1) is 51.6. The van der Waals surface area contributed by atoms with Gasteiger partial charge >= 0.3 is 19.6 Å². The number of ether oxygens (including phenoxy) is 3. The number of benzene rings is 5. The Labute approximate surface area is 710 Å². The fourth-order valence-corrected chi connectivity index (χ4v) is 14.0. The third-order valence-electron chi connectivity index (χ3n) is 14.4. The van der Waals surface area contributed by atoms with Crippen molar-refractivity contribution in [1.82, 2.24) is 49.2 Å². The van der Waals surface area contributed by atoms with Gasteiger partial charge in [0.05, 0.1) is 67.3 Å². The van der Waals surface area contributed by atoms with Crippen molar-refractivity contribution in [2.24, 2.45) is 43.3 Å². The number of esters is 1. The summed E-state index contributed by atoms with van der Waals surface area (Å²) in [7, 11) is 6.79. The van der Waals surface area contributed by atoms with E-state index in [1.165, 1.54) is 50.1 Å². The maximum Gasteiger partial charge on any atom is 0.762 e. The maximum atomic E-state index is 14.1. The third-order valence-corrected chi connectivity index (χ3v) is 20.0. The molecule has 2 unspecified atom stereocenters. The maximum absolute atomic E-state index is 14.1. The number of hydrogen-bond acceptors (Lipinski definition) is 13. The van der Waals surface area contributed by atoms with E-state index in [0.29, 0.717) is 65.1 Å². The minimum atomic E-state index is -3.67. The number of nitrogens with two attached hydrogens (primary N) is 1. The molecule has 2 aliphatic rings. The van der Waals surface area contributed by atoms with E-state index < -0.39 is 68.4 Å². The van der Waals surface area contributed by atoms with Gasteiger partial charge in [-0.1, -0.05) is 79.6 Å². The number of nitrogens with zero attached hydrogens (tertiary/aromatic N) is 10. The molecular weight excluding hydrogens is 1870 g/mol. The van der Waals surface area contributed by atoms with E-state index >= 15 is 0 Å². The smallest absolute Gasteiger partial charge is 0.762 e. The van der Waals surface area contributed by atoms with Gasteiger partial charge < -0.3 is 34.3 Å². The molecule has 0 saturated carbocycles. The zero-order valence-electron chi connectivity index (χ0n) is 69.2. The van der Waals surface area contributed by atoms with Gasteiger partial charge in [0.25, 0.3) is 0 Å². The molecule has 38 heteroatoms. The average molecular weight is 1980 g/mol. The summed E-state index contributed by atoms with van der Waals surface area (Å²) in [4.78, 5) is 25.9. The van der Waals surface area contributed by atoms with Crippen molar-refractivity contribution in [3.8, 4) is 0 Å². The number of nitrogens with one attached hydrogen (secondary N) is 2. The highest BCUT2D eigenvalue weighted by Gasteiger charge is 2.35. The normalized spacial score (nSPS) is 12.8. The van der Waals surface area contributed by atoms with Gasteiger partial charge in [-0.3, -0.25) is 41.5 Å². The number of rotatable bonds is 8. The summed E-state index contributed by atoms with van der Waals surface area (Å²) in [6.07, 6.45) is 5.50. The van der Waals surface area contributed by atoms with Crippen molar-refractivity contribution in [3.05, 3.63) is 147 Å². The lowest BCUT2D eigenvalue weighted by molar-refractivity contribution is -0.140. The van der Waals surface area contributed by atoms with E-state index in [1.807, 2.05) is 143 Å². The zero-order valence-corrected chi connectivity index (χ0v) is 78.7. The summed E-state index contributed by atoms with van der Waals surface area (Å²) in [5.41, 5.74) is 9.62. The van der Waals surface area contributed by atoms with Crippen LogP contribution in [-0.4, -0.2) is 135 Å². The Balaban J connectivity index is 0.000000664. The standard InChI is InChI=1S/C16H21BrFN3O2.C15H21BrFN3OS.C11H13BrFN3.C8H6BrFN2.C8H5BrFN.C7H15NOS.C4H8O2.C4H8O.C3H9O.BF3.FH/c1-15(2,3)23-14(22)19-16(4,5)13-10-7-9(17)8-11(18)12(10)20-21(13)6;1-14(2,3)22(21)19-15(4,5)13-10-7-9(16)8-11(17)12(10)18-20(13)6;1-11(2,14)10-7-4-6(12)5-8(13)9(7)15-16(10)3;1-12-4-5-2-6(9)3-7(10)8(5)11-12;9-6-1-5-3-11-4-7(5)8(10)2-6;1-6(2)8-10(9)7(3,4)5;1-3-6-4(2)5;1-2-4-5-3-1;1-4(2)3;2-1(3)4;/h7-8H,1-6H3,(H,19,22);7-8,19H,1-6H3;4-5H,14H2,1-3H3;2-4H,1H3;1-3H,4H2;1-5H3;3H2,1-2H3;1-4H2;1-3H3;;1H/q;;;;;;;;+1;;/p-1. The minimum Gasteiger partial charge on any atom is -1.00 e. The number of aryl methyl sites for hydroxylation is 4. The number of carbonyl (C=O) groups is 2. The first-order valence-corrected chi connectivity index (χ1v) is 41.2. The summed E-state index contributed by atoms with van der Waals surface area (Å²) < 4.78 is 154. The second kappa shape index (κ2) is 46.4. The predicted molar refractivity (Wildman–Crippen MR) is 460 cm³/mol. The summed E-state index contributed by atoms with van der Waals surface area (Å²) >= 11 is 16.3. The molecule has 11 rings (SSSR count). The molecule has 9 aromatic rings. The molecule has 21 nitrogen and oxygen atoms in total. The largest absolute Gasteiger partial charge is 1.00 e. The number of amides is 1. The lowest BCUT2D eigenvalue weighted by Gasteiger charge is -2.30. The van der Waals surface area contributed by atoms with Crippen LogP contribution in [0.1, 0.15) is 173 Å². The molecule has 636 valence electrons.